The van der Waals surface area contributed by atoms with Gasteiger partial charge in [-0.15, -0.1) is 0 Å². The summed E-state index contributed by atoms with van der Waals surface area (Å²) in [6.45, 7) is 3.40. The molecule has 1 aliphatic carbocycles. The Morgan fingerprint density at radius 2 is 1.96 bits per heavy atom. The van der Waals surface area contributed by atoms with Crippen molar-refractivity contribution in [3.05, 3.63) is 47.7 Å². The van der Waals surface area contributed by atoms with Gasteiger partial charge in [-0.25, -0.2) is 4.98 Å². The van der Waals surface area contributed by atoms with Crippen molar-refractivity contribution < 1.29 is 14.3 Å². The van der Waals surface area contributed by atoms with E-state index < -0.39 is 0 Å². The molecule has 1 saturated carbocycles. The highest BCUT2D eigenvalue weighted by Crippen LogP contribution is 2.40. The summed E-state index contributed by atoms with van der Waals surface area (Å²) in [4.78, 5) is 16.7. The van der Waals surface area contributed by atoms with Crippen LogP contribution in [0.25, 0.3) is 11.1 Å². The highest BCUT2D eigenvalue weighted by molar-refractivity contribution is 5.94. The molecule has 0 spiro atoms. The van der Waals surface area contributed by atoms with Crippen LogP contribution in [0.1, 0.15) is 35.2 Å². The molecular formula is C21H26N2O3. The largest absolute Gasteiger partial charge is 0.481 e. The van der Waals surface area contributed by atoms with Gasteiger partial charge in [-0.1, -0.05) is 18.6 Å². The Kier molecular flexibility index (Phi) is 5.57. The van der Waals surface area contributed by atoms with Crippen LogP contribution in [0.2, 0.25) is 0 Å². The minimum Gasteiger partial charge on any atom is -0.481 e. The minimum atomic E-state index is -0.0384. The molecule has 2 aromatic rings. The predicted octanol–water partition coefficient (Wildman–Crippen LogP) is 3.61. The third kappa shape index (κ3) is 3.88. The first-order chi connectivity index (χ1) is 12.6. The third-order valence-electron chi connectivity index (χ3n) is 5.24. The van der Waals surface area contributed by atoms with Gasteiger partial charge < -0.3 is 14.8 Å². The van der Waals surface area contributed by atoms with Crippen LogP contribution in [0, 0.1) is 12.3 Å². The molecule has 1 fully saturated rings. The summed E-state index contributed by atoms with van der Waals surface area (Å²) in [7, 11) is 3.33. The average molecular weight is 354 g/mol. The highest BCUT2D eigenvalue weighted by Gasteiger charge is 2.37. The van der Waals surface area contributed by atoms with E-state index in [4.69, 9.17) is 9.47 Å². The lowest BCUT2D eigenvalue weighted by Gasteiger charge is -2.41. The van der Waals surface area contributed by atoms with E-state index in [1.54, 1.807) is 20.4 Å². The Balaban J connectivity index is 1.66. The summed E-state index contributed by atoms with van der Waals surface area (Å²) in [5.41, 5.74) is 3.94. The van der Waals surface area contributed by atoms with Crippen LogP contribution >= 0.6 is 0 Å². The second-order valence-corrected chi connectivity index (χ2v) is 7.09. The lowest BCUT2D eigenvalue weighted by molar-refractivity contribution is 0.0180. The number of nitrogens with one attached hydrogen (secondary N) is 1. The normalized spacial score (nSPS) is 15.2. The molecule has 1 aromatic carbocycles. The maximum absolute atomic E-state index is 12.5. The fraction of sp³-hybridized carbons (Fsp3) is 0.429. The monoisotopic (exact) mass is 354 g/mol. The quantitative estimate of drug-likeness (QED) is 0.825. The molecule has 138 valence electrons. The molecule has 0 saturated heterocycles. The van der Waals surface area contributed by atoms with Crippen LogP contribution in [0.15, 0.2) is 36.5 Å². The number of carbonyl (C=O) groups is 1. The first-order valence-electron chi connectivity index (χ1n) is 8.95. The lowest BCUT2D eigenvalue weighted by atomic mass is 9.69. The van der Waals surface area contributed by atoms with Crippen molar-refractivity contribution in [3.8, 4) is 17.0 Å². The maximum atomic E-state index is 12.5. The van der Waals surface area contributed by atoms with Gasteiger partial charge in [0.1, 0.15) is 0 Å². The van der Waals surface area contributed by atoms with Crippen molar-refractivity contribution in [2.45, 2.75) is 26.2 Å². The fourth-order valence-electron chi connectivity index (χ4n) is 3.47. The zero-order valence-corrected chi connectivity index (χ0v) is 15.7. The number of amides is 1. The molecule has 26 heavy (non-hydrogen) atoms. The van der Waals surface area contributed by atoms with Gasteiger partial charge in [0, 0.05) is 42.5 Å². The van der Waals surface area contributed by atoms with Crippen LogP contribution in [-0.4, -0.2) is 38.3 Å². The number of nitrogens with zero attached hydrogens (tertiary/aromatic N) is 1. The topological polar surface area (TPSA) is 60.5 Å². The van der Waals surface area contributed by atoms with E-state index in [1.807, 2.05) is 37.3 Å². The van der Waals surface area contributed by atoms with Gasteiger partial charge in [-0.05, 0) is 43.0 Å². The smallest absolute Gasteiger partial charge is 0.251 e. The summed E-state index contributed by atoms with van der Waals surface area (Å²) >= 11 is 0. The summed E-state index contributed by atoms with van der Waals surface area (Å²) in [6, 6.07) is 9.54. The Morgan fingerprint density at radius 3 is 2.50 bits per heavy atom. The Morgan fingerprint density at radius 1 is 1.23 bits per heavy atom. The van der Waals surface area contributed by atoms with E-state index in [2.05, 4.69) is 10.3 Å². The molecule has 1 aliphatic rings. The number of hydrogen-bond acceptors (Lipinski definition) is 4. The molecule has 0 aliphatic heterocycles. The van der Waals surface area contributed by atoms with E-state index in [0.717, 1.165) is 29.5 Å². The van der Waals surface area contributed by atoms with Crippen LogP contribution in [0.5, 0.6) is 5.88 Å². The molecule has 0 unspecified atom stereocenters. The SMILES string of the molecule is COCC1(CNC(=O)c2ccc(-c3cnc(OC)cc3C)cc2)CCC1. The number of benzene rings is 1. The van der Waals surface area contributed by atoms with Crippen molar-refractivity contribution in [1.29, 1.82) is 0 Å². The molecule has 5 heteroatoms. The number of pyridine rings is 1. The van der Waals surface area contributed by atoms with E-state index in [0.29, 0.717) is 24.6 Å². The van der Waals surface area contributed by atoms with Gasteiger partial charge in [0.15, 0.2) is 0 Å². The molecule has 1 heterocycles. The number of methoxy groups -OCH3 is 2. The molecule has 3 rings (SSSR count). The van der Waals surface area contributed by atoms with Crippen molar-refractivity contribution in [2.75, 3.05) is 27.4 Å². The first kappa shape index (κ1) is 18.4. The summed E-state index contributed by atoms with van der Waals surface area (Å²) in [5, 5.41) is 3.06. The number of ether oxygens (including phenoxy) is 2. The van der Waals surface area contributed by atoms with Gasteiger partial charge in [0.2, 0.25) is 5.88 Å². The van der Waals surface area contributed by atoms with Crippen molar-refractivity contribution >= 4 is 5.91 Å². The van der Waals surface area contributed by atoms with Gasteiger partial charge in [0.25, 0.3) is 5.91 Å². The van der Waals surface area contributed by atoms with Gasteiger partial charge in [-0.2, -0.15) is 0 Å². The van der Waals surface area contributed by atoms with E-state index in [9.17, 15) is 4.79 Å². The number of aromatic nitrogens is 1. The summed E-state index contributed by atoms with van der Waals surface area (Å²) in [5.74, 6) is 0.562. The Hall–Kier alpha value is -2.40. The van der Waals surface area contributed by atoms with Crippen molar-refractivity contribution in [3.63, 3.8) is 0 Å². The molecule has 0 atom stereocenters. The first-order valence-corrected chi connectivity index (χ1v) is 8.95. The zero-order chi connectivity index (χ0) is 18.6. The Labute approximate surface area is 154 Å². The van der Waals surface area contributed by atoms with Gasteiger partial charge in [0.05, 0.1) is 13.7 Å². The van der Waals surface area contributed by atoms with Gasteiger partial charge >= 0.3 is 0 Å². The number of carbonyl (C=O) groups excluding carboxylic acids is 1. The molecule has 1 aromatic heterocycles. The maximum Gasteiger partial charge on any atom is 0.251 e. The molecular weight excluding hydrogens is 328 g/mol. The zero-order valence-electron chi connectivity index (χ0n) is 15.7. The van der Waals surface area contributed by atoms with Crippen LogP contribution in [0.4, 0.5) is 0 Å². The highest BCUT2D eigenvalue weighted by atomic mass is 16.5. The van der Waals surface area contributed by atoms with Crippen molar-refractivity contribution in [1.82, 2.24) is 10.3 Å². The van der Waals surface area contributed by atoms with Gasteiger partial charge in [-0.3, -0.25) is 4.79 Å². The average Bonchev–Trinajstić information content (AvgIpc) is 2.63. The second kappa shape index (κ2) is 7.87. The summed E-state index contributed by atoms with van der Waals surface area (Å²) in [6.07, 6.45) is 5.24. The van der Waals surface area contributed by atoms with Crippen LogP contribution in [-0.2, 0) is 4.74 Å². The predicted molar refractivity (Wildman–Crippen MR) is 101 cm³/mol. The molecule has 0 radical (unpaired) electrons. The van der Waals surface area contributed by atoms with Crippen LogP contribution in [0.3, 0.4) is 0 Å². The second-order valence-electron chi connectivity index (χ2n) is 7.09. The number of rotatable bonds is 7. The lowest BCUT2D eigenvalue weighted by Crippen LogP contribution is -2.45. The number of hydrogen-bond donors (Lipinski definition) is 1. The van der Waals surface area contributed by atoms with E-state index in [-0.39, 0.29) is 11.3 Å². The molecule has 1 N–H and O–H groups in total. The molecule has 0 bridgehead atoms. The Bertz CT molecular complexity index is 767. The summed E-state index contributed by atoms with van der Waals surface area (Å²) < 4.78 is 10.5. The standard InChI is InChI=1S/C21H26N2O3/c1-15-11-19(26-3)22-12-18(15)16-5-7-17(8-6-16)20(24)23-13-21(14-25-2)9-4-10-21/h5-8,11-12H,4,9-10,13-14H2,1-3H3,(H,23,24). The molecule has 1 amide bonds. The molecule has 5 nitrogen and oxygen atoms in total. The number of aryl methyl sites for hydroxylation is 1. The van der Waals surface area contributed by atoms with Crippen LogP contribution < -0.4 is 10.1 Å². The fourth-order valence-corrected chi connectivity index (χ4v) is 3.47. The van der Waals surface area contributed by atoms with E-state index >= 15 is 0 Å². The third-order valence-corrected chi connectivity index (χ3v) is 5.24. The van der Waals surface area contributed by atoms with E-state index in [1.165, 1.54) is 6.42 Å². The van der Waals surface area contributed by atoms with Crippen molar-refractivity contribution in [2.24, 2.45) is 5.41 Å². The minimum absolute atomic E-state index is 0.0384.